The highest BCUT2D eigenvalue weighted by Crippen LogP contribution is 2.28. The van der Waals surface area contributed by atoms with Gasteiger partial charge in [-0.3, -0.25) is 10.1 Å². The van der Waals surface area contributed by atoms with E-state index >= 15 is 0 Å². The van der Waals surface area contributed by atoms with E-state index in [1.54, 1.807) is 6.92 Å². The first kappa shape index (κ1) is 17.4. The van der Waals surface area contributed by atoms with Gasteiger partial charge in [0.1, 0.15) is 5.69 Å². The summed E-state index contributed by atoms with van der Waals surface area (Å²) in [6, 6.07) is 2.15. The zero-order valence-corrected chi connectivity index (χ0v) is 13.2. The molecule has 7 nitrogen and oxygen atoms in total. The number of nitro benzene ring substituents is 1. The van der Waals surface area contributed by atoms with Crippen molar-refractivity contribution in [1.82, 2.24) is 4.72 Å². The lowest BCUT2D eigenvalue weighted by Gasteiger charge is -2.17. The first-order valence-electron chi connectivity index (χ1n) is 6.79. The van der Waals surface area contributed by atoms with Crippen molar-refractivity contribution < 1.29 is 13.3 Å². The molecule has 118 valence electrons. The van der Waals surface area contributed by atoms with E-state index in [1.807, 2.05) is 13.8 Å². The molecule has 0 spiro atoms. The van der Waals surface area contributed by atoms with E-state index in [2.05, 4.69) is 4.72 Å². The first-order valence-corrected chi connectivity index (χ1v) is 8.28. The third-order valence-corrected chi connectivity index (χ3v) is 4.92. The Bertz CT molecular complexity index is 629. The fourth-order valence-corrected chi connectivity index (χ4v) is 3.72. The molecule has 3 N–H and O–H groups in total. The standard InChI is InChI=1S/C13H21N3O4S/c1-4-6-10(5-2)15-21(19,20)13-8-12(16(17)18)11(14)7-9(13)3/h7-8,10,15H,4-6,14H2,1-3H3. The Morgan fingerprint density at radius 1 is 1.38 bits per heavy atom. The Morgan fingerprint density at radius 3 is 2.48 bits per heavy atom. The number of sulfonamides is 1. The van der Waals surface area contributed by atoms with Crippen LogP contribution in [0.4, 0.5) is 11.4 Å². The van der Waals surface area contributed by atoms with E-state index in [1.165, 1.54) is 6.07 Å². The number of nitrogens with zero attached hydrogens (tertiary/aromatic N) is 1. The van der Waals surface area contributed by atoms with Crippen LogP contribution in [0, 0.1) is 17.0 Å². The van der Waals surface area contributed by atoms with Crippen molar-refractivity contribution in [3.63, 3.8) is 0 Å². The molecule has 21 heavy (non-hydrogen) atoms. The summed E-state index contributed by atoms with van der Waals surface area (Å²) >= 11 is 0. The first-order chi connectivity index (χ1) is 9.72. The molecule has 1 aromatic carbocycles. The highest BCUT2D eigenvalue weighted by Gasteiger charge is 2.25. The lowest BCUT2D eigenvalue weighted by Crippen LogP contribution is -2.34. The Hall–Kier alpha value is -1.67. The molecule has 1 unspecified atom stereocenters. The van der Waals surface area contributed by atoms with E-state index in [9.17, 15) is 18.5 Å². The zero-order valence-electron chi connectivity index (χ0n) is 12.4. The molecule has 1 rings (SSSR count). The summed E-state index contributed by atoms with van der Waals surface area (Å²) < 4.78 is 27.4. The lowest BCUT2D eigenvalue weighted by molar-refractivity contribution is -0.384. The topological polar surface area (TPSA) is 115 Å². The summed E-state index contributed by atoms with van der Waals surface area (Å²) in [6.07, 6.45) is 2.22. The molecule has 0 radical (unpaired) electrons. The van der Waals surface area contributed by atoms with Crippen molar-refractivity contribution in [3.8, 4) is 0 Å². The third-order valence-electron chi connectivity index (χ3n) is 3.26. The van der Waals surface area contributed by atoms with Crippen molar-refractivity contribution in [1.29, 1.82) is 0 Å². The van der Waals surface area contributed by atoms with Crippen LogP contribution < -0.4 is 10.5 Å². The normalized spacial score (nSPS) is 13.1. The SMILES string of the molecule is CCCC(CC)NS(=O)(=O)c1cc([N+](=O)[O-])c(N)cc1C. The fraction of sp³-hybridized carbons (Fsp3) is 0.538. The number of nitrogen functional groups attached to an aromatic ring is 1. The largest absolute Gasteiger partial charge is 0.393 e. The maximum Gasteiger partial charge on any atom is 0.293 e. The molecule has 0 saturated heterocycles. The van der Waals surface area contributed by atoms with E-state index in [4.69, 9.17) is 5.73 Å². The Labute approximate surface area is 124 Å². The van der Waals surface area contributed by atoms with Crippen LogP contribution in [0.2, 0.25) is 0 Å². The fourth-order valence-electron chi connectivity index (χ4n) is 2.13. The van der Waals surface area contributed by atoms with Crippen LogP contribution in [0.15, 0.2) is 17.0 Å². The number of aryl methyl sites for hydroxylation is 1. The molecular weight excluding hydrogens is 294 g/mol. The van der Waals surface area contributed by atoms with Gasteiger partial charge in [0, 0.05) is 12.1 Å². The van der Waals surface area contributed by atoms with E-state index in [0.717, 1.165) is 12.5 Å². The van der Waals surface area contributed by atoms with Gasteiger partial charge >= 0.3 is 0 Å². The van der Waals surface area contributed by atoms with Gasteiger partial charge in [-0.25, -0.2) is 13.1 Å². The molecular formula is C13H21N3O4S. The van der Waals surface area contributed by atoms with Gasteiger partial charge in [-0.1, -0.05) is 20.3 Å². The smallest absolute Gasteiger partial charge is 0.293 e. The highest BCUT2D eigenvalue weighted by molar-refractivity contribution is 7.89. The quantitative estimate of drug-likeness (QED) is 0.455. The number of anilines is 1. The summed E-state index contributed by atoms with van der Waals surface area (Å²) in [5.41, 5.74) is 5.50. The average molecular weight is 315 g/mol. The minimum atomic E-state index is -3.81. The predicted octanol–water partition coefficient (Wildman–Crippen LogP) is 2.34. The van der Waals surface area contributed by atoms with Gasteiger partial charge in [0.2, 0.25) is 10.0 Å². The molecule has 0 aromatic heterocycles. The maximum absolute atomic E-state index is 12.4. The molecule has 1 atom stereocenters. The molecule has 1 aromatic rings. The van der Waals surface area contributed by atoms with Crippen molar-refractivity contribution in [2.24, 2.45) is 0 Å². The summed E-state index contributed by atoms with van der Waals surface area (Å²) in [7, 11) is -3.81. The van der Waals surface area contributed by atoms with Crippen molar-refractivity contribution in [2.75, 3.05) is 5.73 Å². The van der Waals surface area contributed by atoms with E-state index < -0.39 is 20.6 Å². The monoisotopic (exact) mass is 315 g/mol. The predicted molar refractivity (Wildman–Crippen MR) is 81.6 cm³/mol. The molecule has 0 aliphatic heterocycles. The van der Waals surface area contributed by atoms with Crippen LogP contribution in [0.1, 0.15) is 38.7 Å². The van der Waals surface area contributed by atoms with E-state index in [-0.39, 0.29) is 16.6 Å². The van der Waals surface area contributed by atoms with Crippen LogP contribution >= 0.6 is 0 Å². The second kappa shape index (κ2) is 6.86. The molecule has 8 heteroatoms. The molecule has 0 saturated carbocycles. The number of hydrogen-bond acceptors (Lipinski definition) is 5. The Balaban J connectivity index is 3.25. The van der Waals surface area contributed by atoms with Gasteiger partial charge < -0.3 is 5.73 Å². The van der Waals surface area contributed by atoms with Crippen molar-refractivity contribution in [2.45, 2.75) is 51.0 Å². The van der Waals surface area contributed by atoms with Gasteiger partial charge in [-0.15, -0.1) is 0 Å². The summed E-state index contributed by atoms with van der Waals surface area (Å²) in [6.45, 7) is 5.42. The summed E-state index contributed by atoms with van der Waals surface area (Å²) in [4.78, 5) is 10.1. The molecule has 0 amide bonds. The zero-order chi connectivity index (χ0) is 16.2. The van der Waals surface area contributed by atoms with Gasteiger partial charge in [0.25, 0.3) is 5.69 Å². The van der Waals surface area contributed by atoms with Gasteiger partial charge in [0.15, 0.2) is 0 Å². The Kier molecular flexibility index (Phi) is 5.68. The van der Waals surface area contributed by atoms with Crippen molar-refractivity contribution in [3.05, 3.63) is 27.8 Å². The lowest BCUT2D eigenvalue weighted by atomic mass is 10.1. The second-order valence-corrected chi connectivity index (χ2v) is 6.63. The van der Waals surface area contributed by atoms with Crippen LogP contribution in [0.3, 0.4) is 0 Å². The number of nitrogens with one attached hydrogen (secondary N) is 1. The number of benzene rings is 1. The van der Waals surface area contributed by atoms with Crippen LogP contribution in [-0.4, -0.2) is 19.4 Å². The minimum Gasteiger partial charge on any atom is -0.393 e. The number of hydrogen-bond donors (Lipinski definition) is 2. The van der Waals surface area contributed by atoms with Crippen molar-refractivity contribution >= 4 is 21.4 Å². The highest BCUT2D eigenvalue weighted by atomic mass is 32.2. The molecule has 0 aliphatic carbocycles. The molecule has 0 heterocycles. The summed E-state index contributed by atoms with van der Waals surface area (Å²) in [5, 5.41) is 10.9. The number of nitro groups is 1. The second-order valence-electron chi connectivity index (χ2n) is 4.95. The third kappa shape index (κ3) is 4.15. The van der Waals surface area contributed by atoms with Crippen LogP contribution in [0.5, 0.6) is 0 Å². The number of rotatable bonds is 7. The maximum atomic E-state index is 12.4. The molecule has 0 aliphatic rings. The molecule has 0 fully saturated rings. The van der Waals surface area contributed by atoms with Gasteiger partial charge in [-0.05, 0) is 31.4 Å². The van der Waals surface area contributed by atoms with E-state index in [0.29, 0.717) is 18.4 Å². The minimum absolute atomic E-state index is 0.0444. The molecule has 0 bridgehead atoms. The van der Waals surface area contributed by atoms with Gasteiger partial charge in [0.05, 0.1) is 9.82 Å². The van der Waals surface area contributed by atoms with Crippen LogP contribution in [0.25, 0.3) is 0 Å². The Morgan fingerprint density at radius 2 is 2.00 bits per heavy atom. The van der Waals surface area contributed by atoms with Crippen LogP contribution in [-0.2, 0) is 10.0 Å². The average Bonchev–Trinajstić information content (AvgIpc) is 2.37. The summed E-state index contributed by atoms with van der Waals surface area (Å²) in [5.74, 6) is 0. The van der Waals surface area contributed by atoms with Gasteiger partial charge in [-0.2, -0.15) is 0 Å². The number of nitrogens with two attached hydrogens (primary N) is 1.